The van der Waals surface area contributed by atoms with Gasteiger partial charge in [0.25, 0.3) is 0 Å². The van der Waals surface area contributed by atoms with Crippen LogP contribution in [-0.2, 0) is 4.74 Å². The summed E-state index contributed by atoms with van der Waals surface area (Å²) in [6.45, 7) is 1.58. The Morgan fingerprint density at radius 1 is 0.929 bits per heavy atom. The molecule has 4 nitrogen and oxygen atoms in total. The summed E-state index contributed by atoms with van der Waals surface area (Å²) >= 11 is 5.48. The summed E-state index contributed by atoms with van der Waals surface area (Å²) in [5.74, 6) is 0. The molecule has 0 spiro atoms. The molecule has 75 valence electrons. The fraction of sp³-hybridized carbons (Fsp3) is 1.00. The monoisotopic (exact) mass is 863 g/mol. The molecule has 0 amide bonds. The van der Waals surface area contributed by atoms with Crippen molar-refractivity contribution in [1.29, 1.82) is 0 Å². The number of rotatable bonds is 0. The van der Waals surface area contributed by atoms with Crippen LogP contribution in [0.25, 0.3) is 0 Å². The third-order valence-corrected chi connectivity index (χ3v) is 2.15. The third kappa shape index (κ3) is 6.57. The van der Waals surface area contributed by atoms with Gasteiger partial charge in [0.05, 0.1) is 6.10 Å². The van der Waals surface area contributed by atoms with E-state index in [-0.39, 0.29) is 132 Å². The van der Waals surface area contributed by atoms with Crippen molar-refractivity contribution in [2.45, 2.75) is 36.9 Å². The Balaban J connectivity index is -0.000000403. The van der Waals surface area contributed by atoms with Crippen molar-refractivity contribution < 1.29 is 152 Å². The zero-order chi connectivity index (χ0) is 8.59. The van der Waals surface area contributed by atoms with E-state index >= 15 is 0 Å². The number of ether oxygens (including phenoxy) is 1. The minimum atomic E-state index is -1.22. The molecule has 1 aliphatic rings. The van der Waals surface area contributed by atoms with E-state index < -0.39 is 30.0 Å². The molecule has 0 aliphatic carbocycles. The van der Waals surface area contributed by atoms with Gasteiger partial charge in [-0.15, -0.1) is 0 Å². The SMILES string of the molecule is C[C@@H]1OC(Cl)[C@H](O)[C@H](O)[C@H]1O.[Ac].[Ac].[Ac]. The van der Waals surface area contributed by atoms with E-state index in [4.69, 9.17) is 31.7 Å². The van der Waals surface area contributed by atoms with Crippen LogP contribution in [0, 0.1) is 132 Å². The standard InChI is InChI=1S/C6H11ClO4.3Ac/c1-2-3(8)4(9)5(10)6(7)11-2;;;/h2-6,8-10H,1H3;;;/t2-,3-,4+,5+,6?;;;/m0.../s1. The van der Waals surface area contributed by atoms with Crippen LogP contribution in [0.2, 0.25) is 0 Å². The molecule has 0 bridgehead atoms. The van der Waals surface area contributed by atoms with Crippen molar-refractivity contribution >= 4 is 11.6 Å². The molecule has 14 heavy (non-hydrogen) atoms. The molecule has 1 aliphatic heterocycles. The maximum atomic E-state index is 9.14. The van der Waals surface area contributed by atoms with Gasteiger partial charge in [0.15, 0.2) is 5.56 Å². The van der Waals surface area contributed by atoms with Gasteiger partial charge < -0.3 is 20.1 Å². The van der Waals surface area contributed by atoms with Crippen molar-refractivity contribution in [1.82, 2.24) is 0 Å². The molecule has 8 heteroatoms. The molecule has 5 atom stereocenters. The summed E-state index contributed by atoms with van der Waals surface area (Å²) < 4.78 is 4.89. The molecule has 1 fully saturated rings. The van der Waals surface area contributed by atoms with Crippen molar-refractivity contribution in [3.8, 4) is 0 Å². The average molecular weight is 864 g/mol. The Hall–Kier alpha value is 4.45. The molecular weight excluding hydrogens is 853 g/mol. The summed E-state index contributed by atoms with van der Waals surface area (Å²) in [6, 6.07) is 0. The smallest absolute Gasteiger partial charge is 0.160 e. The van der Waals surface area contributed by atoms with Crippen molar-refractivity contribution in [3.63, 3.8) is 0 Å². The second kappa shape index (κ2) is 11.3. The first-order valence-corrected chi connectivity index (χ1v) is 3.81. The Labute approximate surface area is 196 Å². The van der Waals surface area contributed by atoms with Gasteiger partial charge >= 0.3 is 0 Å². The van der Waals surface area contributed by atoms with Gasteiger partial charge in [0.1, 0.15) is 18.3 Å². The normalized spacial score (nSPS) is 41.4. The number of aliphatic hydroxyl groups excluding tert-OH is 3. The second-order valence-electron chi connectivity index (χ2n) is 2.66. The Morgan fingerprint density at radius 2 is 1.36 bits per heavy atom. The van der Waals surface area contributed by atoms with Gasteiger partial charge in [0.2, 0.25) is 0 Å². The number of aliphatic hydroxyl groups is 3. The Bertz CT molecular complexity index is 139. The molecule has 1 rings (SSSR count). The summed E-state index contributed by atoms with van der Waals surface area (Å²) in [5, 5.41) is 27.3. The van der Waals surface area contributed by atoms with Gasteiger partial charge in [-0.2, -0.15) is 0 Å². The summed E-state index contributed by atoms with van der Waals surface area (Å²) in [4.78, 5) is 0. The largest absolute Gasteiger partial charge is 0.388 e. The van der Waals surface area contributed by atoms with E-state index in [0.717, 1.165) is 0 Å². The summed E-state index contributed by atoms with van der Waals surface area (Å²) in [6.07, 6.45) is -4.06. The maximum Gasteiger partial charge on any atom is 0.160 e. The first kappa shape index (κ1) is 23.5. The van der Waals surface area contributed by atoms with E-state index in [1.54, 1.807) is 6.92 Å². The van der Waals surface area contributed by atoms with Crippen LogP contribution < -0.4 is 0 Å². The first-order valence-electron chi connectivity index (χ1n) is 3.37. The van der Waals surface area contributed by atoms with Crippen LogP contribution in [0.15, 0.2) is 0 Å². The van der Waals surface area contributed by atoms with Gasteiger partial charge in [-0.05, 0) is 6.92 Å². The van der Waals surface area contributed by atoms with E-state index in [1.807, 2.05) is 0 Å². The van der Waals surface area contributed by atoms with E-state index in [0.29, 0.717) is 0 Å². The van der Waals surface area contributed by atoms with Crippen LogP contribution in [0.5, 0.6) is 0 Å². The van der Waals surface area contributed by atoms with Crippen molar-refractivity contribution in [3.05, 3.63) is 0 Å². The second-order valence-corrected chi connectivity index (χ2v) is 3.09. The van der Waals surface area contributed by atoms with Crippen LogP contribution in [0.3, 0.4) is 0 Å². The molecule has 0 aromatic heterocycles. The van der Waals surface area contributed by atoms with Crippen LogP contribution in [-0.4, -0.2) is 45.3 Å². The van der Waals surface area contributed by atoms with E-state index in [1.165, 1.54) is 0 Å². The maximum absolute atomic E-state index is 9.14. The zero-order valence-corrected chi connectivity index (χ0v) is 22.7. The fourth-order valence-corrected chi connectivity index (χ4v) is 1.31. The first-order chi connectivity index (χ1) is 5.04. The molecule has 1 heterocycles. The molecule has 1 unspecified atom stereocenters. The van der Waals surface area contributed by atoms with Gasteiger partial charge in [-0.3, -0.25) is 0 Å². The quantitative estimate of drug-likeness (QED) is 0.276. The van der Waals surface area contributed by atoms with Gasteiger partial charge in [-0.1, -0.05) is 11.6 Å². The predicted octanol–water partition coefficient (Wildman–Crippen LogP) is -0.947. The fourth-order valence-electron chi connectivity index (χ4n) is 1.00. The summed E-state index contributed by atoms with van der Waals surface area (Å²) in [7, 11) is 0. The minimum Gasteiger partial charge on any atom is -0.388 e. The van der Waals surface area contributed by atoms with Crippen LogP contribution >= 0.6 is 11.6 Å². The Kier molecular flexibility index (Phi) is 19.0. The predicted molar refractivity (Wildman–Crippen MR) is 38.2 cm³/mol. The molecule has 0 saturated carbocycles. The van der Waals surface area contributed by atoms with E-state index in [9.17, 15) is 0 Å². The van der Waals surface area contributed by atoms with Crippen LogP contribution in [0.4, 0.5) is 0 Å². The molecule has 3 radical (unpaired) electrons. The average Bonchev–Trinajstić information content (AvgIpc) is 1.97. The molecular formula is C6H11Ac3ClO4. The number of halogens is 1. The molecule has 0 aromatic rings. The molecule has 3 N–H and O–H groups in total. The van der Waals surface area contributed by atoms with E-state index in [2.05, 4.69) is 0 Å². The summed E-state index contributed by atoms with van der Waals surface area (Å²) in [5.41, 5.74) is -0.941. The topological polar surface area (TPSA) is 69.9 Å². The molecule has 1 saturated heterocycles. The molecule has 0 aromatic carbocycles. The number of alkyl halides is 1. The zero-order valence-electron chi connectivity index (χ0n) is 7.75. The number of hydrogen-bond donors (Lipinski definition) is 3. The Morgan fingerprint density at radius 3 is 1.79 bits per heavy atom. The van der Waals surface area contributed by atoms with Crippen molar-refractivity contribution in [2.24, 2.45) is 0 Å². The minimum absolute atomic E-state index is 0. The third-order valence-electron chi connectivity index (χ3n) is 1.79. The van der Waals surface area contributed by atoms with Gasteiger partial charge in [0, 0.05) is 132 Å². The van der Waals surface area contributed by atoms with Crippen LogP contribution in [0.1, 0.15) is 6.92 Å². The van der Waals surface area contributed by atoms with Crippen molar-refractivity contribution in [2.75, 3.05) is 0 Å². The van der Waals surface area contributed by atoms with Gasteiger partial charge in [-0.25, -0.2) is 0 Å². The number of hydrogen-bond acceptors (Lipinski definition) is 4.